The van der Waals surface area contributed by atoms with Gasteiger partial charge in [0.25, 0.3) is 5.91 Å². The van der Waals surface area contributed by atoms with Gasteiger partial charge in [0, 0.05) is 11.0 Å². The summed E-state index contributed by atoms with van der Waals surface area (Å²) >= 11 is 3.26. The highest BCUT2D eigenvalue weighted by Crippen LogP contribution is 2.26. The summed E-state index contributed by atoms with van der Waals surface area (Å²) in [5, 5.41) is 2.95. The molecule has 82 valence electrons. The molecule has 0 heterocycles. The van der Waals surface area contributed by atoms with Gasteiger partial charge in [-0.2, -0.15) is 0 Å². The average molecular weight is 273 g/mol. The van der Waals surface area contributed by atoms with Crippen LogP contribution in [0.4, 0.5) is 0 Å². The molecule has 4 nitrogen and oxygen atoms in total. The molecule has 0 atom stereocenters. The van der Waals surface area contributed by atoms with Crippen molar-refractivity contribution in [1.29, 1.82) is 0 Å². The minimum atomic E-state index is -0.498. The van der Waals surface area contributed by atoms with E-state index in [9.17, 15) is 4.79 Å². The number of carbonyl (C=O) groups is 1. The van der Waals surface area contributed by atoms with E-state index in [0.717, 1.165) is 0 Å². The number of nitrogens with one attached hydrogen (secondary N) is 1. The predicted octanol–water partition coefficient (Wildman–Crippen LogP) is 1.15. The topological polar surface area (TPSA) is 64.3 Å². The van der Waals surface area contributed by atoms with Crippen LogP contribution in [0.25, 0.3) is 0 Å². The molecule has 1 aromatic carbocycles. The Morgan fingerprint density at radius 3 is 2.93 bits per heavy atom. The van der Waals surface area contributed by atoms with E-state index in [1.54, 1.807) is 18.2 Å². The Bertz CT molecular complexity index is 355. The van der Waals surface area contributed by atoms with Gasteiger partial charge in [0.15, 0.2) is 0 Å². The average Bonchev–Trinajstić information content (AvgIpc) is 2.17. The van der Waals surface area contributed by atoms with Crippen LogP contribution in [0, 0.1) is 0 Å². The zero-order chi connectivity index (χ0) is 11.3. The molecule has 0 unspecified atom stereocenters. The summed E-state index contributed by atoms with van der Waals surface area (Å²) in [7, 11) is 1.83. The summed E-state index contributed by atoms with van der Waals surface area (Å²) in [5.41, 5.74) is 5.64. The molecular weight excluding hydrogens is 260 g/mol. The molecule has 0 aliphatic heterocycles. The van der Waals surface area contributed by atoms with Gasteiger partial charge in [-0.3, -0.25) is 4.79 Å². The molecule has 0 radical (unpaired) electrons. The molecule has 0 fully saturated rings. The SMILES string of the molecule is CNCCOc1cccc(Br)c1C(N)=O. The van der Waals surface area contributed by atoms with Crippen molar-refractivity contribution < 1.29 is 9.53 Å². The molecule has 3 N–H and O–H groups in total. The van der Waals surface area contributed by atoms with Gasteiger partial charge in [0.05, 0.1) is 5.56 Å². The van der Waals surface area contributed by atoms with Gasteiger partial charge in [0.2, 0.25) is 0 Å². The standard InChI is InChI=1S/C10H13BrN2O2/c1-13-5-6-15-8-4-2-3-7(11)9(8)10(12)14/h2-4,13H,5-6H2,1H3,(H2,12,14). The van der Waals surface area contributed by atoms with E-state index in [1.807, 2.05) is 7.05 Å². The van der Waals surface area contributed by atoms with Crippen LogP contribution < -0.4 is 15.8 Å². The second-order valence-electron chi connectivity index (χ2n) is 2.93. The third-order valence-corrected chi connectivity index (χ3v) is 2.49. The molecule has 0 spiro atoms. The Balaban J connectivity index is 2.86. The number of likely N-dealkylation sites (N-methyl/N-ethyl adjacent to an activating group) is 1. The van der Waals surface area contributed by atoms with Crippen LogP contribution in [0.15, 0.2) is 22.7 Å². The highest BCUT2D eigenvalue weighted by Gasteiger charge is 2.12. The van der Waals surface area contributed by atoms with Gasteiger partial charge in [-0.25, -0.2) is 0 Å². The van der Waals surface area contributed by atoms with Crippen LogP contribution in [0.3, 0.4) is 0 Å². The van der Waals surface area contributed by atoms with Crippen LogP contribution in [0.2, 0.25) is 0 Å². The number of hydrogen-bond donors (Lipinski definition) is 2. The summed E-state index contributed by atoms with van der Waals surface area (Å²) in [5.74, 6) is 0.00839. The van der Waals surface area contributed by atoms with Crippen molar-refractivity contribution in [2.24, 2.45) is 5.73 Å². The highest BCUT2D eigenvalue weighted by atomic mass is 79.9. The fourth-order valence-electron chi connectivity index (χ4n) is 1.13. The zero-order valence-corrected chi connectivity index (χ0v) is 10.0. The third kappa shape index (κ3) is 3.21. The summed E-state index contributed by atoms with van der Waals surface area (Å²) in [6, 6.07) is 5.27. The number of hydrogen-bond acceptors (Lipinski definition) is 3. The predicted molar refractivity (Wildman–Crippen MR) is 62.1 cm³/mol. The van der Waals surface area contributed by atoms with Crippen molar-refractivity contribution in [3.63, 3.8) is 0 Å². The fraction of sp³-hybridized carbons (Fsp3) is 0.300. The number of benzene rings is 1. The number of amides is 1. The van der Waals surface area contributed by atoms with Crippen molar-refractivity contribution >= 4 is 21.8 Å². The van der Waals surface area contributed by atoms with E-state index in [4.69, 9.17) is 10.5 Å². The van der Waals surface area contributed by atoms with Crippen LogP contribution in [-0.4, -0.2) is 26.1 Å². The van der Waals surface area contributed by atoms with Crippen molar-refractivity contribution in [3.8, 4) is 5.75 Å². The largest absolute Gasteiger partial charge is 0.491 e. The molecule has 1 aromatic rings. The number of carbonyl (C=O) groups excluding carboxylic acids is 1. The van der Waals surface area contributed by atoms with E-state index in [-0.39, 0.29) is 0 Å². The lowest BCUT2D eigenvalue weighted by Gasteiger charge is -2.10. The second-order valence-corrected chi connectivity index (χ2v) is 3.78. The van der Waals surface area contributed by atoms with Gasteiger partial charge in [-0.1, -0.05) is 6.07 Å². The summed E-state index contributed by atoms with van der Waals surface area (Å²) in [4.78, 5) is 11.2. The lowest BCUT2D eigenvalue weighted by molar-refractivity contribution is 0.0995. The summed E-state index contributed by atoms with van der Waals surface area (Å²) in [6.45, 7) is 1.21. The second kappa shape index (κ2) is 5.72. The first kappa shape index (κ1) is 12.0. The Morgan fingerprint density at radius 1 is 1.60 bits per heavy atom. The zero-order valence-electron chi connectivity index (χ0n) is 8.42. The molecule has 0 saturated heterocycles. The molecule has 0 bridgehead atoms. The smallest absolute Gasteiger partial charge is 0.253 e. The third-order valence-electron chi connectivity index (χ3n) is 1.83. The molecule has 5 heteroatoms. The molecule has 0 aliphatic carbocycles. The summed E-state index contributed by atoms with van der Waals surface area (Å²) < 4.78 is 6.08. The van der Waals surface area contributed by atoms with Crippen LogP contribution in [0.5, 0.6) is 5.75 Å². The van der Waals surface area contributed by atoms with E-state index in [1.165, 1.54) is 0 Å². The minimum Gasteiger partial charge on any atom is -0.491 e. The van der Waals surface area contributed by atoms with E-state index in [2.05, 4.69) is 21.2 Å². The number of nitrogens with two attached hydrogens (primary N) is 1. The van der Waals surface area contributed by atoms with Crippen molar-refractivity contribution in [2.45, 2.75) is 0 Å². The molecule has 1 rings (SSSR count). The molecular formula is C10H13BrN2O2. The van der Waals surface area contributed by atoms with E-state index < -0.39 is 5.91 Å². The van der Waals surface area contributed by atoms with Crippen molar-refractivity contribution in [3.05, 3.63) is 28.2 Å². The van der Waals surface area contributed by atoms with Gasteiger partial charge in [-0.15, -0.1) is 0 Å². The van der Waals surface area contributed by atoms with Gasteiger partial charge >= 0.3 is 0 Å². The molecule has 0 saturated carbocycles. The molecule has 1 amide bonds. The minimum absolute atomic E-state index is 0.383. The first-order valence-electron chi connectivity index (χ1n) is 4.52. The quantitative estimate of drug-likeness (QED) is 0.791. The Labute approximate surface area is 96.9 Å². The molecule has 15 heavy (non-hydrogen) atoms. The highest BCUT2D eigenvalue weighted by molar-refractivity contribution is 9.10. The van der Waals surface area contributed by atoms with Gasteiger partial charge in [-0.05, 0) is 35.1 Å². The Morgan fingerprint density at radius 2 is 2.33 bits per heavy atom. The van der Waals surface area contributed by atoms with Crippen LogP contribution in [0.1, 0.15) is 10.4 Å². The lowest BCUT2D eigenvalue weighted by atomic mass is 10.2. The van der Waals surface area contributed by atoms with E-state index >= 15 is 0 Å². The first-order valence-corrected chi connectivity index (χ1v) is 5.32. The maximum absolute atomic E-state index is 11.2. The van der Waals surface area contributed by atoms with E-state index in [0.29, 0.717) is 28.9 Å². The Kier molecular flexibility index (Phi) is 4.58. The monoisotopic (exact) mass is 272 g/mol. The molecule has 0 aromatic heterocycles. The van der Waals surface area contributed by atoms with Gasteiger partial charge < -0.3 is 15.8 Å². The lowest BCUT2D eigenvalue weighted by Crippen LogP contribution is -2.18. The number of halogens is 1. The first-order chi connectivity index (χ1) is 7.16. The molecule has 0 aliphatic rings. The number of primary amides is 1. The van der Waals surface area contributed by atoms with Gasteiger partial charge in [0.1, 0.15) is 12.4 Å². The fourth-order valence-corrected chi connectivity index (χ4v) is 1.67. The maximum atomic E-state index is 11.2. The van der Waals surface area contributed by atoms with Crippen LogP contribution >= 0.6 is 15.9 Å². The number of rotatable bonds is 5. The number of ether oxygens (including phenoxy) is 1. The van der Waals surface area contributed by atoms with Crippen molar-refractivity contribution in [1.82, 2.24) is 5.32 Å². The maximum Gasteiger partial charge on any atom is 0.253 e. The van der Waals surface area contributed by atoms with Crippen molar-refractivity contribution in [2.75, 3.05) is 20.2 Å². The van der Waals surface area contributed by atoms with Crippen LogP contribution in [-0.2, 0) is 0 Å². The normalized spacial score (nSPS) is 10.0. The Hall–Kier alpha value is -1.07. The summed E-state index contributed by atoms with van der Waals surface area (Å²) in [6.07, 6.45) is 0.